The number of carbonyl (C=O) groups is 1. The summed E-state index contributed by atoms with van der Waals surface area (Å²) in [5.74, 6) is 1.10. The van der Waals surface area contributed by atoms with Gasteiger partial charge in [0.1, 0.15) is 5.75 Å². The van der Waals surface area contributed by atoms with Gasteiger partial charge >= 0.3 is 0 Å². The molecule has 0 saturated heterocycles. The minimum atomic E-state index is -0.478. The highest BCUT2D eigenvalue weighted by Gasteiger charge is 2.45. The van der Waals surface area contributed by atoms with Gasteiger partial charge in [0.15, 0.2) is 23.0 Å². The van der Waals surface area contributed by atoms with Crippen LogP contribution >= 0.6 is 0 Å². The van der Waals surface area contributed by atoms with Gasteiger partial charge in [-0.2, -0.15) is 0 Å². The van der Waals surface area contributed by atoms with Gasteiger partial charge in [-0.15, -0.1) is 0 Å². The number of ketones is 1. The van der Waals surface area contributed by atoms with Gasteiger partial charge in [-0.3, -0.25) is 4.79 Å². The van der Waals surface area contributed by atoms with E-state index in [-0.39, 0.29) is 11.9 Å². The largest absolute Gasteiger partial charge is 0.455 e. The highest BCUT2D eigenvalue weighted by atomic mass is 16.5. The maximum Gasteiger partial charge on any atom is 0.172 e. The predicted molar refractivity (Wildman–Crippen MR) is 94.5 cm³/mol. The van der Waals surface area contributed by atoms with Gasteiger partial charge in [0, 0.05) is 24.3 Å². The van der Waals surface area contributed by atoms with Gasteiger partial charge in [-0.1, -0.05) is 47.6 Å². The normalized spacial score (nSPS) is 20.2. The van der Waals surface area contributed by atoms with Gasteiger partial charge in [0.25, 0.3) is 0 Å². The minimum Gasteiger partial charge on any atom is -0.455 e. The number of nitrogens with zero attached hydrogens (tertiary/aromatic N) is 1. The Morgan fingerprint density at radius 1 is 1.04 bits per heavy atom. The number of hydrogen-bond donors (Lipinski definition) is 0. The Morgan fingerprint density at radius 2 is 1.81 bits per heavy atom. The number of carbonyl (C=O) groups excluding carboxylic acids is 1. The summed E-state index contributed by atoms with van der Waals surface area (Å²) in [4.78, 5) is 12.9. The quantitative estimate of drug-likeness (QED) is 0.714. The highest BCUT2D eigenvalue weighted by molar-refractivity contribution is 6.06. The number of benzene rings is 2. The summed E-state index contributed by atoms with van der Waals surface area (Å²) in [6.45, 7) is 0. The topological polar surface area (TPSA) is 61.6 Å². The molecule has 1 heterocycles. The molecule has 0 radical (unpaired) electrons. The van der Waals surface area contributed by atoms with E-state index in [9.17, 15) is 4.79 Å². The first-order chi connectivity index (χ1) is 12.8. The molecule has 0 amide bonds. The molecule has 128 valence electrons. The van der Waals surface area contributed by atoms with Crippen LogP contribution in [0.25, 0.3) is 17.1 Å². The number of aromatic nitrogens is 1. The van der Waals surface area contributed by atoms with Crippen molar-refractivity contribution in [2.24, 2.45) is 0 Å². The van der Waals surface area contributed by atoms with E-state index in [4.69, 9.17) is 14.0 Å². The van der Waals surface area contributed by atoms with Crippen LogP contribution in [0.1, 0.15) is 28.8 Å². The molecule has 0 N–H and O–H groups in total. The van der Waals surface area contributed by atoms with E-state index in [1.807, 2.05) is 54.6 Å². The maximum atomic E-state index is 12.9. The van der Waals surface area contributed by atoms with Gasteiger partial charge in [0.05, 0.1) is 12.0 Å². The molecule has 0 bridgehead atoms. The second-order valence-electron chi connectivity index (χ2n) is 6.32. The first kappa shape index (κ1) is 15.1. The number of methoxy groups -OCH3 is 1. The van der Waals surface area contributed by atoms with Crippen LogP contribution in [0.3, 0.4) is 0 Å². The van der Waals surface area contributed by atoms with Crippen LogP contribution in [0.4, 0.5) is 0 Å². The maximum absolute atomic E-state index is 12.9. The fourth-order valence-electron chi connectivity index (χ4n) is 3.78. The SMILES string of the molecule is COC1c2ccccc2-c2onc3c2C1C(=O)C=C3Oc1ccccc1. The first-order valence-corrected chi connectivity index (χ1v) is 8.38. The molecule has 0 aliphatic heterocycles. The molecule has 5 rings (SSSR count). The lowest BCUT2D eigenvalue weighted by atomic mass is 9.74. The lowest BCUT2D eigenvalue weighted by Crippen LogP contribution is -2.28. The fraction of sp³-hybridized carbons (Fsp3) is 0.143. The van der Waals surface area contributed by atoms with Gasteiger partial charge in [-0.05, 0) is 17.7 Å². The number of para-hydroxylation sites is 1. The molecular formula is C21H15NO4. The zero-order chi connectivity index (χ0) is 17.7. The van der Waals surface area contributed by atoms with Crippen LogP contribution in [-0.2, 0) is 9.53 Å². The summed E-state index contributed by atoms with van der Waals surface area (Å²) in [6.07, 6.45) is 1.12. The van der Waals surface area contributed by atoms with E-state index < -0.39 is 5.92 Å². The number of fused-ring (bicyclic) bond motifs is 2. The van der Waals surface area contributed by atoms with Crippen molar-refractivity contribution in [2.45, 2.75) is 12.0 Å². The standard InChI is InChI=1S/C21H15NO4/c1-24-20-13-9-5-6-10-14(13)21-18-17(20)15(23)11-16(19(18)22-26-21)25-12-7-3-2-4-8-12/h2-11,17,20H,1H3. The second-order valence-corrected chi connectivity index (χ2v) is 6.32. The summed E-state index contributed by atoms with van der Waals surface area (Å²) in [5, 5.41) is 4.22. The molecule has 2 aliphatic rings. The summed E-state index contributed by atoms with van der Waals surface area (Å²) in [7, 11) is 1.62. The smallest absolute Gasteiger partial charge is 0.172 e. The summed E-state index contributed by atoms with van der Waals surface area (Å²) >= 11 is 0. The number of rotatable bonds is 3. The summed E-state index contributed by atoms with van der Waals surface area (Å²) < 4.78 is 17.3. The van der Waals surface area contributed by atoms with Crippen molar-refractivity contribution in [3.63, 3.8) is 0 Å². The zero-order valence-electron chi connectivity index (χ0n) is 14.0. The Labute approximate surface area is 149 Å². The highest BCUT2D eigenvalue weighted by Crippen LogP contribution is 2.52. The molecule has 2 aliphatic carbocycles. The van der Waals surface area contributed by atoms with E-state index in [1.54, 1.807) is 7.11 Å². The molecule has 5 nitrogen and oxygen atoms in total. The van der Waals surface area contributed by atoms with Crippen LogP contribution < -0.4 is 4.74 Å². The van der Waals surface area contributed by atoms with Gasteiger partial charge < -0.3 is 14.0 Å². The second kappa shape index (κ2) is 5.68. The third-order valence-electron chi connectivity index (χ3n) is 4.89. The van der Waals surface area contributed by atoms with E-state index in [0.29, 0.717) is 23.0 Å². The molecule has 5 heteroatoms. The Bertz CT molecular complexity index is 1040. The van der Waals surface area contributed by atoms with Crippen LogP contribution in [0.5, 0.6) is 5.75 Å². The summed E-state index contributed by atoms with van der Waals surface area (Å²) in [6, 6.07) is 17.1. The van der Waals surface area contributed by atoms with Crippen LogP contribution in [-0.4, -0.2) is 18.0 Å². The van der Waals surface area contributed by atoms with Crippen molar-refractivity contribution in [1.82, 2.24) is 5.16 Å². The zero-order valence-corrected chi connectivity index (χ0v) is 14.0. The van der Waals surface area contributed by atoms with Crippen LogP contribution in [0, 0.1) is 0 Å². The molecule has 1 aromatic heterocycles. The average molecular weight is 345 g/mol. The predicted octanol–water partition coefficient (Wildman–Crippen LogP) is 4.13. The van der Waals surface area contributed by atoms with E-state index in [1.165, 1.54) is 6.08 Å². The number of ether oxygens (including phenoxy) is 2. The summed E-state index contributed by atoms with van der Waals surface area (Å²) in [5.41, 5.74) is 3.14. The van der Waals surface area contributed by atoms with E-state index in [2.05, 4.69) is 5.16 Å². The Kier molecular flexibility index (Phi) is 3.30. The molecule has 3 aromatic rings. The molecule has 2 atom stereocenters. The molecule has 2 aromatic carbocycles. The third-order valence-corrected chi connectivity index (χ3v) is 4.89. The monoisotopic (exact) mass is 345 g/mol. The van der Waals surface area contributed by atoms with Crippen molar-refractivity contribution in [3.05, 3.63) is 77.5 Å². The van der Waals surface area contributed by atoms with Crippen LogP contribution in [0.2, 0.25) is 0 Å². The van der Waals surface area contributed by atoms with Gasteiger partial charge in [0.2, 0.25) is 0 Å². The van der Waals surface area contributed by atoms with Crippen molar-refractivity contribution < 1.29 is 18.8 Å². The third kappa shape index (κ3) is 2.07. The van der Waals surface area contributed by atoms with Crippen molar-refractivity contribution in [3.8, 4) is 17.1 Å². The number of hydrogen-bond acceptors (Lipinski definition) is 5. The Hall–Kier alpha value is -3.18. The van der Waals surface area contributed by atoms with Crippen LogP contribution in [0.15, 0.2) is 65.2 Å². The van der Waals surface area contributed by atoms with E-state index in [0.717, 1.165) is 16.7 Å². The molecule has 0 fully saturated rings. The van der Waals surface area contributed by atoms with Gasteiger partial charge in [-0.25, -0.2) is 0 Å². The Morgan fingerprint density at radius 3 is 2.62 bits per heavy atom. The minimum absolute atomic E-state index is 0.0748. The first-order valence-electron chi connectivity index (χ1n) is 8.38. The lowest BCUT2D eigenvalue weighted by molar-refractivity contribution is -0.119. The van der Waals surface area contributed by atoms with E-state index >= 15 is 0 Å². The van der Waals surface area contributed by atoms with Crippen molar-refractivity contribution in [1.29, 1.82) is 0 Å². The fourth-order valence-corrected chi connectivity index (χ4v) is 3.78. The molecule has 0 spiro atoms. The average Bonchev–Trinajstić information content (AvgIpc) is 3.12. The molecule has 2 unspecified atom stereocenters. The molecule has 26 heavy (non-hydrogen) atoms. The number of allylic oxidation sites excluding steroid dienone is 1. The van der Waals surface area contributed by atoms with Crippen molar-refractivity contribution >= 4 is 11.5 Å². The Balaban J connectivity index is 1.68. The molecule has 0 saturated carbocycles. The molecular weight excluding hydrogens is 330 g/mol. The lowest BCUT2D eigenvalue weighted by Gasteiger charge is -2.32. The van der Waals surface area contributed by atoms with Crippen molar-refractivity contribution in [2.75, 3.05) is 7.11 Å².